The summed E-state index contributed by atoms with van der Waals surface area (Å²) < 4.78 is 50.7. The number of carbonyl (C=O) groups excluding carboxylic acids is 10. The number of carboxylic acids is 2. The number of methoxy groups -OCH3 is 2. The second-order valence-electron chi connectivity index (χ2n) is 18.7. The van der Waals surface area contributed by atoms with Gasteiger partial charge in [0.05, 0.1) is 67.3 Å². The lowest BCUT2D eigenvalue weighted by Gasteiger charge is -2.12. The van der Waals surface area contributed by atoms with E-state index >= 15 is 0 Å². The highest BCUT2D eigenvalue weighted by Crippen LogP contribution is 2.44. The van der Waals surface area contributed by atoms with Crippen LogP contribution in [0.3, 0.4) is 0 Å². The van der Waals surface area contributed by atoms with Gasteiger partial charge in [-0.3, -0.25) is 9.59 Å². The zero-order valence-corrected chi connectivity index (χ0v) is 65.5. The van der Waals surface area contributed by atoms with Crippen LogP contribution in [0.15, 0.2) is 82.5 Å². The molecule has 556 valence electrons. The zero-order valence-electron chi connectivity index (χ0n) is 63.7. The van der Waals surface area contributed by atoms with Gasteiger partial charge in [-0.1, -0.05) is 73.8 Å². The molecule has 0 unspecified atom stereocenters. The molecule has 0 aliphatic heterocycles. The SMILES string of the molecule is C/C=C/C(=O)O.C/C=C/C(=O)OC.C/C=C/C(=O)OCC.CC(C)=C(C)C.CC(C)=CC(=O)O.CC(C)=O.CC(C)=O.CC(C)=O.CC=O.CCOC(=O)C=C(C)C.CCOC(=O)CP(=O)(CC)CC.CCOC(=O)CP(=O)(CC)CC.CO.CO.COC(=O)C=C(C)C. The van der Waals surface area contributed by atoms with E-state index in [1.807, 2.05) is 55.4 Å². The average Bonchev–Trinajstić information content (AvgIpc) is 0.996. The summed E-state index contributed by atoms with van der Waals surface area (Å²) in [6.45, 7) is 51.3. The number of carbonyl (C=O) groups is 12. The number of hydrogen-bond acceptors (Lipinski definition) is 22. The molecular weight excluding hydrogens is 1260 g/mol. The van der Waals surface area contributed by atoms with E-state index in [9.17, 15) is 61.9 Å². The number of aliphatic hydroxyl groups is 2. The lowest BCUT2D eigenvalue weighted by atomic mass is 10.2. The summed E-state index contributed by atoms with van der Waals surface area (Å²) in [5, 5.41) is 29.8. The van der Waals surface area contributed by atoms with Crippen molar-refractivity contribution in [1.82, 2.24) is 0 Å². The highest BCUT2D eigenvalue weighted by Gasteiger charge is 2.22. The third-order valence-electron chi connectivity index (χ3n) is 7.87. The van der Waals surface area contributed by atoms with Crippen molar-refractivity contribution in [3.63, 3.8) is 0 Å². The molecule has 0 aliphatic rings. The summed E-state index contributed by atoms with van der Waals surface area (Å²) in [6, 6.07) is 0. The standard InChI is InChI=1S/2C8H17O3P.C7H12O2.2C6H10O2.C6H12.2C5H8O2.C4H6O2.3C3H6O.C2H4O.2CH4O/c2*1-4-11-8(9)7-12(10,5-2)6-3;1-4-9-7(8)5-6(2)3;1-5(2)4-6(7)8-3;1-3-5-6(7)8-4-2;1-5(2)6(3)4;1-4(2)3-5(6)7;1-3-4-5(6)7-2;1-2-3-4(5)6;3*1-3(2)4;1-2-3;2*1-2/h2*4-7H2,1-3H3;5H,4H2,1-3H3;4H,1-3H3;3,5H,4H2,1-2H3;1-4H3;3H,1-2H3,(H,6,7);3-4H,1-2H3;2-3H,1H3,(H,5,6);3*1-2H3;2H,1H3;2*2H,1H3/b;;;;5-3+;;;4-3+;3-2+;;;;;;. The first-order valence-electron chi connectivity index (χ1n) is 29.8. The smallest absolute Gasteiger partial charge is 0.330 e. The molecular formula is C68H130O24P2. The van der Waals surface area contributed by atoms with Crippen LogP contribution >= 0.6 is 14.3 Å². The second kappa shape index (κ2) is 99.6. The van der Waals surface area contributed by atoms with Crippen LogP contribution in [0, 0.1) is 0 Å². The number of ether oxygens (including phenoxy) is 6. The molecule has 0 spiro atoms. The number of esters is 6. The number of aldehydes is 1. The van der Waals surface area contributed by atoms with Gasteiger partial charge in [-0.15, -0.1) is 0 Å². The Morgan fingerprint density at radius 2 is 0.574 bits per heavy atom. The van der Waals surface area contributed by atoms with Gasteiger partial charge in [-0.05, 0) is 191 Å². The van der Waals surface area contributed by atoms with Gasteiger partial charge < -0.3 is 77.2 Å². The Labute approximate surface area is 567 Å². The van der Waals surface area contributed by atoms with Gasteiger partial charge in [0.25, 0.3) is 0 Å². The molecule has 4 N–H and O–H groups in total. The van der Waals surface area contributed by atoms with Crippen molar-refractivity contribution in [1.29, 1.82) is 0 Å². The molecule has 24 nitrogen and oxygen atoms in total. The molecule has 0 aromatic heterocycles. The third kappa shape index (κ3) is 191. The molecule has 0 aliphatic carbocycles. The minimum absolute atomic E-state index is 0.105. The van der Waals surface area contributed by atoms with Crippen molar-refractivity contribution in [3.05, 3.63) is 82.5 Å². The maximum Gasteiger partial charge on any atom is 0.330 e. The number of ketones is 3. The van der Waals surface area contributed by atoms with Crippen molar-refractivity contribution in [2.45, 2.75) is 194 Å². The minimum Gasteiger partial charge on any atom is -0.478 e. The van der Waals surface area contributed by atoms with Crippen LogP contribution in [0.25, 0.3) is 0 Å². The van der Waals surface area contributed by atoms with Crippen LogP contribution in [-0.4, -0.2) is 184 Å². The average molecular weight is 1390 g/mol. The Morgan fingerprint density at radius 1 is 0.351 bits per heavy atom. The third-order valence-corrected chi connectivity index (χ3v) is 14.1. The molecule has 0 fully saturated rings. The van der Waals surface area contributed by atoms with Gasteiger partial charge in [0.2, 0.25) is 0 Å². The van der Waals surface area contributed by atoms with Crippen molar-refractivity contribution in [2.75, 3.05) is 91.8 Å². The number of Topliss-reactive ketones (excluding diaryl/α,β-unsaturated/α-hetero) is 3. The van der Waals surface area contributed by atoms with E-state index < -0.39 is 26.2 Å². The lowest BCUT2D eigenvalue weighted by molar-refractivity contribution is -0.141. The molecule has 0 bridgehead atoms. The largest absolute Gasteiger partial charge is 0.478 e. The highest BCUT2D eigenvalue weighted by atomic mass is 31.2. The quantitative estimate of drug-likeness (QED) is 0.0247. The van der Waals surface area contributed by atoms with Gasteiger partial charge in [0, 0.05) is 50.7 Å². The van der Waals surface area contributed by atoms with Gasteiger partial charge in [0.1, 0.15) is 23.6 Å². The molecule has 0 amide bonds. The van der Waals surface area contributed by atoms with E-state index in [1.165, 1.54) is 110 Å². The Hall–Kier alpha value is -7.00. The highest BCUT2D eigenvalue weighted by molar-refractivity contribution is 7.65. The van der Waals surface area contributed by atoms with E-state index in [-0.39, 0.29) is 65.5 Å². The van der Waals surface area contributed by atoms with Crippen molar-refractivity contribution in [2.24, 2.45) is 0 Å². The second-order valence-corrected chi connectivity index (χ2v) is 26.1. The van der Waals surface area contributed by atoms with E-state index in [0.717, 1.165) is 43.3 Å². The summed E-state index contributed by atoms with van der Waals surface area (Å²) in [5.74, 6) is -3.04. The molecule has 0 aromatic carbocycles. The summed E-state index contributed by atoms with van der Waals surface area (Å²) in [4.78, 5) is 120. The molecule has 0 rings (SSSR count). The van der Waals surface area contributed by atoms with Crippen LogP contribution in [-0.2, 0) is 95.1 Å². The molecule has 0 radical (unpaired) electrons. The van der Waals surface area contributed by atoms with Gasteiger partial charge >= 0.3 is 47.8 Å². The van der Waals surface area contributed by atoms with Crippen LogP contribution < -0.4 is 0 Å². The van der Waals surface area contributed by atoms with Crippen molar-refractivity contribution < 1.29 is 116 Å². The molecule has 0 atom stereocenters. The Kier molecular flexibility index (Phi) is 131. The fourth-order valence-electron chi connectivity index (χ4n) is 3.41. The Balaban J connectivity index is -0.0000000559. The maximum atomic E-state index is 11.7. The van der Waals surface area contributed by atoms with Gasteiger partial charge in [0.15, 0.2) is 0 Å². The normalized spacial score (nSPS) is 8.66. The first-order chi connectivity index (χ1) is 43.2. The van der Waals surface area contributed by atoms with E-state index in [0.29, 0.717) is 51.1 Å². The topological polar surface area (TPSA) is 375 Å². The zero-order chi connectivity index (χ0) is 78.6. The fourth-order valence-corrected chi connectivity index (χ4v) is 6.33. The number of aliphatic hydroxyl groups excluding tert-OH is 2. The molecule has 0 aromatic rings. The number of carboxylic acid groups (broad SMARTS) is 2. The minimum atomic E-state index is -2.24. The van der Waals surface area contributed by atoms with Crippen molar-refractivity contribution >= 4 is 85.7 Å². The van der Waals surface area contributed by atoms with E-state index in [4.69, 9.17) is 34.7 Å². The summed E-state index contributed by atoms with van der Waals surface area (Å²) in [5.41, 5.74) is 5.59. The van der Waals surface area contributed by atoms with Gasteiger partial charge in [-0.25, -0.2) is 28.8 Å². The predicted molar refractivity (Wildman–Crippen MR) is 382 cm³/mol. The summed E-state index contributed by atoms with van der Waals surface area (Å²) >= 11 is 0. The maximum absolute atomic E-state index is 11.7. The molecule has 94 heavy (non-hydrogen) atoms. The molecule has 0 saturated carbocycles. The number of rotatable bonds is 18. The molecule has 0 saturated heterocycles. The fraction of sp³-hybridized carbons (Fsp3) is 0.618. The van der Waals surface area contributed by atoms with Crippen LogP contribution in [0.4, 0.5) is 0 Å². The first-order valence-corrected chi connectivity index (χ1v) is 34.3. The Bertz CT molecular complexity index is 2120. The molecule has 26 heteroatoms. The number of hydrogen-bond donors (Lipinski definition) is 4. The van der Waals surface area contributed by atoms with Crippen molar-refractivity contribution in [3.8, 4) is 0 Å². The van der Waals surface area contributed by atoms with Crippen LogP contribution in [0.1, 0.15) is 194 Å². The van der Waals surface area contributed by atoms with E-state index in [2.05, 4.69) is 46.6 Å². The lowest BCUT2D eigenvalue weighted by Crippen LogP contribution is -2.11. The van der Waals surface area contributed by atoms with E-state index in [1.54, 1.807) is 74.5 Å². The molecule has 0 heterocycles. The van der Waals surface area contributed by atoms with Crippen LogP contribution in [0.2, 0.25) is 0 Å². The van der Waals surface area contributed by atoms with Gasteiger partial charge in [-0.2, -0.15) is 0 Å². The predicted octanol–water partition coefficient (Wildman–Crippen LogP) is 13.7. The summed E-state index contributed by atoms with van der Waals surface area (Å²) in [7, 11) is 0.229. The Morgan fingerprint density at radius 3 is 0.702 bits per heavy atom. The number of aliphatic carboxylic acids is 2. The first kappa shape index (κ1) is 124. The van der Waals surface area contributed by atoms with Crippen LogP contribution in [0.5, 0.6) is 0 Å². The summed E-state index contributed by atoms with van der Waals surface area (Å²) in [6.07, 6.45) is 16.0. The monoisotopic (exact) mass is 1390 g/mol. The number of allylic oxidation sites excluding steroid dienone is 8.